The molecule has 228 valence electrons. The number of aliphatic hydroxyl groups excluding tert-OH is 1. The Kier molecular flexibility index (Phi) is 11.7. The maximum absolute atomic E-state index is 15.3. The van der Waals surface area contributed by atoms with E-state index in [1.807, 2.05) is 4.98 Å². The second-order valence-corrected chi connectivity index (χ2v) is 13.1. The van der Waals surface area contributed by atoms with Gasteiger partial charge in [-0.05, 0) is 53.3 Å². The first-order valence-electron chi connectivity index (χ1n) is 12.2. The van der Waals surface area contributed by atoms with E-state index >= 15 is 4.39 Å². The molecule has 13 nitrogen and oxygen atoms in total. The molecule has 2 rings (SSSR count). The summed E-state index contributed by atoms with van der Waals surface area (Å²) in [4.78, 5) is 50.2. The minimum Gasteiger partial charge on any atom is -0.462 e. The Labute approximate surface area is 232 Å². The summed E-state index contributed by atoms with van der Waals surface area (Å²) >= 11 is 5.49. The Morgan fingerprint density at radius 1 is 1.12 bits per heavy atom. The van der Waals surface area contributed by atoms with Gasteiger partial charge in [-0.2, -0.15) is 0 Å². The summed E-state index contributed by atoms with van der Waals surface area (Å²) in [6.07, 6.45) is -10.8. The first kappa shape index (κ1) is 34.1. The van der Waals surface area contributed by atoms with Crippen molar-refractivity contribution < 1.29 is 46.6 Å². The molecule has 4 N–H and O–H groups in total. The van der Waals surface area contributed by atoms with Crippen LogP contribution in [0.3, 0.4) is 0 Å². The Morgan fingerprint density at radius 2 is 1.62 bits per heavy atom. The Morgan fingerprint density at radius 3 is 2.05 bits per heavy atom. The summed E-state index contributed by atoms with van der Waals surface area (Å²) in [7, 11) is 0. The summed E-state index contributed by atoms with van der Waals surface area (Å²) in [5.74, 6) is -1.55. The molecule has 0 saturated carbocycles. The zero-order valence-corrected chi connectivity index (χ0v) is 24.3. The fourth-order valence-electron chi connectivity index (χ4n) is 3.58. The number of nitrogens with zero attached hydrogens (tertiary/aromatic N) is 1. The molecule has 1 fully saturated rings. The van der Waals surface area contributed by atoms with Crippen molar-refractivity contribution >= 4 is 30.3 Å². The van der Waals surface area contributed by atoms with Crippen LogP contribution in [0.4, 0.5) is 13.2 Å². The molecule has 6 unspecified atom stereocenters. The molecule has 0 spiro atoms. The van der Waals surface area contributed by atoms with Gasteiger partial charge in [0.25, 0.3) is 12.0 Å². The smallest absolute Gasteiger partial charge is 0.330 e. The molecule has 1 aromatic heterocycles. The minimum absolute atomic E-state index is 0.500. The number of ether oxygens (including phenoxy) is 3. The molecule has 6 atom stereocenters. The predicted molar refractivity (Wildman–Crippen MR) is 139 cm³/mol. The zero-order valence-electron chi connectivity index (χ0n) is 22.6. The third-order valence-corrected chi connectivity index (χ3v) is 8.40. The maximum Gasteiger partial charge on any atom is 0.330 e. The van der Waals surface area contributed by atoms with Crippen molar-refractivity contribution in [2.24, 2.45) is 0 Å². The molecule has 0 radical (unpaired) electrons. The maximum atomic E-state index is 15.3. The lowest BCUT2D eigenvalue weighted by Crippen LogP contribution is -2.52. The second-order valence-electron chi connectivity index (χ2n) is 9.67. The molecule has 2 heterocycles. The number of rotatable bonds is 13. The van der Waals surface area contributed by atoms with Gasteiger partial charge in [0.05, 0.1) is 18.8 Å². The average Bonchev–Trinajstić information content (AvgIpc) is 3.08. The molecule has 0 amide bonds. The largest absolute Gasteiger partial charge is 0.462 e. The summed E-state index contributed by atoms with van der Waals surface area (Å²) in [5.41, 5.74) is -5.10. The number of hydrogen-bond donors (Lipinski definition) is 4. The quantitative estimate of drug-likeness (QED) is 0.182. The Bertz CT molecular complexity index is 1180. The number of carbonyl (C=O) groups excluding carboxylic acids is 2. The molecule has 1 aliphatic rings. The lowest BCUT2D eigenvalue weighted by Gasteiger charge is -2.35. The van der Waals surface area contributed by atoms with Gasteiger partial charge in [-0.3, -0.25) is 23.9 Å². The van der Waals surface area contributed by atoms with Crippen molar-refractivity contribution in [2.45, 2.75) is 96.4 Å². The van der Waals surface area contributed by atoms with Crippen molar-refractivity contribution in [1.29, 1.82) is 0 Å². The molecule has 0 aliphatic carbocycles. The normalized spacial score (nSPS) is 26.1. The minimum atomic E-state index is -3.86. The van der Waals surface area contributed by atoms with Gasteiger partial charge in [-0.1, -0.05) is 0 Å². The molecular formula is C22H34F3N4O9PS. The standard InChI is InChI=1S/C22H34F3N4O9PS/c1-10(2)36-18(32)12(5)27-39(40,28-13(6)19(33)37-11(3)4)35-9-22(20(24)25)16(23)15(31)17(38-22)29-8-7-14(30)26-21(29)34/h7-8,10-13,15-17,20,31H,9H2,1-6H3,(H,26,30,34)(H2,27,28,40). The van der Waals surface area contributed by atoms with E-state index in [9.17, 15) is 33.1 Å². The fourth-order valence-corrected chi connectivity index (χ4v) is 6.52. The molecule has 40 heavy (non-hydrogen) atoms. The monoisotopic (exact) mass is 618 g/mol. The van der Waals surface area contributed by atoms with E-state index in [2.05, 4.69) is 10.2 Å². The van der Waals surface area contributed by atoms with Gasteiger partial charge in [0.2, 0.25) is 0 Å². The Hall–Kier alpha value is -2.14. The van der Waals surface area contributed by atoms with E-state index in [4.69, 9.17) is 30.5 Å². The Balaban J connectivity index is 2.39. The van der Waals surface area contributed by atoms with Gasteiger partial charge in [0.15, 0.2) is 24.6 Å². The summed E-state index contributed by atoms with van der Waals surface area (Å²) < 4.78 is 65.7. The zero-order chi connectivity index (χ0) is 30.6. The molecule has 1 aliphatic heterocycles. The molecule has 0 aromatic carbocycles. The van der Waals surface area contributed by atoms with Crippen molar-refractivity contribution in [2.75, 3.05) is 6.61 Å². The lowest BCUT2D eigenvalue weighted by atomic mass is 9.98. The van der Waals surface area contributed by atoms with Crippen molar-refractivity contribution in [3.63, 3.8) is 0 Å². The van der Waals surface area contributed by atoms with Crippen molar-refractivity contribution in [3.8, 4) is 0 Å². The van der Waals surface area contributed by atoms with E-state index in [1.165, 1.54) is 13.8 Å². The molecule has 18 heteroatoms. The summed E-state index contributed by atoms with van der Waals surface area (Å²) in [6.45, 7) is 3.94. The van der Waals surface area contributed by atoms with E-state index in [0.717, 1.165) is 12.3 Å². The molecule has 0 bridgehead atoms. The lowest BCUT2D eigenvalue weighted by molar-refractivity contribution is -0.182. The van der Waals surface area contributed by atoms with Crippen LogP contribution in [0.1, 0.15) is 47.8 Å². The number of hydrogen-bond acceptors (Lipinski definition) is 10. The van der Waals surface area contributed by atoms with Gasteiger partial charge in [0.1, 0.15) is 18.2 Å². The van der Waals surface area contributed by atoms with Crippen LogP contribution in [0.15, 0.2) is 21.9 Å². The predicted octanol–water partition coefficient (Wildman–Crippen LogP) is 0.869. The first-order chi connectivity index (χ1) is 18.4. The van der Waals surface area contributed by atoms with Crippen LogP contribution < -0.4 is 21.4 Å². The highest BCUT2D eigenvalue weighted by atomic mass is 32.4. The average molecular weight is 619 g/mol. The van der Waals surface area contributed by atoms with Crippen molar-refractivity contribution in [3.05, 3.63) is 33.1 Å². The SMILES string of the molecule is CC(C)OC(=O)C(C)NP(=S)(NC(C)C(=O)OC(C)C)OCC1(C(F)F)OC(n2ccc(=O)[nH]c2=O)C(O)C1F. The number of halogens is 3. The highest BCUT2D eigenvalue weighted by molar-refractivity contribution is 8.10. The van der Waals surface area contributed by atoms with Crippen LogP contribution in [0.25, 0.3) is 0 Å². The van der Waals surface area contributed by atoms with Crippen LogP contribution in [0.5, 0.6) is 0 Å². The molecule has 1 saturated heterocycles. The van der Waals surface area contributed by atoms with Gasteiger partial charge < -0.3 is 23.8 Å². The summed E-state index contributed by atoms with van der Waals surface area (Å²) in [5, 5.41) is 15.7. The number of aliphatic hydroxyl groups is 1. The number of nitrogens with one attached hydrogen (secondary N) is 3. The van der Waals surface area contributed by atoms with Gasteiger partial charge in [-0.25, -0.2) is 28.1 Å². The third kappa shape index (κ3) is 8.21. The third-order valence-electron chi connectivity index (χ3n) is 5.50. The van der Waals surface area contributed by atoms with Crippen LogP contribution in [0.2, 0.25) is 0 Å². The molecular weight excluding hydrogens is 584 g/mol. The number of aromatic amines is 1. The van der Waals surface area contributed by atoms with Gasteiger partial charge in [-0.15, -0.1) is 0 Å². The number of carbonyl (C=O) groups is 2. The van der Waals surface area contributed by atoms with Gasteiger partial charge in [0, 0.05) is 12.3 Å². The highest BCUT2D eigenvalue weighted by Crippen LogP contribution is 2.47. The topological polar surface area (TPSA) is 170 Å². The molecule has 1 aromatic rings. The second kappa shape index (κ2) is 13.7. The van der Waals surface area contributed by atoms with Crippen LogP contribution in [-0.4, -0.2) is 81.8 Å². The van der Waals surface area contributed by atoms with Crippen LogP contribution in [0, 0.1) is 0 Å². The fraction of sp³-hybridized carbons (Fsp3) is 0.727. The number of alkyl halides is 3. The highest BCUT2D eigenvalue weighted by Gasteiger charge is 2.62. The number of H-pyrrole nitrogens is 1. The van der Waals surface area contributed by atoms with Crippen molar-refractivity contribution in [1.82, 2.24) is 19.7 Å². The number of esters is 2. The van der Waals surface area contributed by atoms with Crippen LogP contribution in [-0.2, 0) is 40.1 Å². The first-order valence-corrected chi connectivity index (χ1v) is 14.9. The van der Waals surface area contributed by atoms with E-state index in [1.54, 1.807) is 27.7 Å². The van der Waals surface area contributed by atoms with Crippen LogP contribution >= 0.6 is 6.57 Å². The number of aromatic nitrogens is 2. The van der Waals surface area contributed by atoms with E-state index in [-0.39, 0.29) is 0 Å². The summed E-state index contributed by atoms with van der Waals surface area (Å²) in [6, 6.07) is -1.48. The van der Waals surface area contributed by atoms with E-state index in [0.29, 0.717) is 4.57 Å². The van der Waals surface area contributed by atoms with E-state index < -0.39 is 91.2 Å². The van der Waals surface area contributed by atoms with Gasteiger partial charge >= 0.3 is 17.6 Å².